The molecule has 1 saturated heterocycles. The van der Waals surface area contributed by atoms with E-state index in [4.69, 9.17) is 4.18 Å². The zero-order chi connectivity index (χ0) is 18.4. The largest absolute Gasteiger partial charge is 0.388 e. The average molecular weight is 375 g/mol. The van der Waals surface area contributed by atoms with Gasteiger partial charge in [0.15, 0.2) is 5.75 Å². The Labute approximate surface area is 155 Å². The van der Waals surface area contributed by atoms with E-state index in [0.717, 1.165) is 24.9 Å². The Kier molecular flexibility index (Phi) is 4.35. The van der Waals surface area contributed by atoms with E-state index in [1.807, 2.05) is 29.2 Å². The first-order valence-corrected chi connectivity index (χ1v) is 10.9. The van der Waals surface area contributed by atoms with E-state index in [0.29, 0.717) is 38.0 Å². The Balaban J connectivity index is 1.46. The van der Waals surface area contributed by atoms with Crippen LogP contribution in [0.4, 0.5) is 5.69 Å². The van der Waals surface area contributed by atoms with Crippen LogP contribution in [0.2, 0.25) is 0 Å². The van der Waals surface area contributed by atoms with Gasteiger partial charge in [-0.05, 0) is 56.4 Å². The zero-order valence-corrected chi connectivity index (χ0v) is 15.7. The van der Waals surface area contributed by atoms with Crippen molar-refractivity contribution in [1.82, 2.24) is 0 Å². The molecule has 1 N–H and O–H groups in total. The van der Waals surface area contributed by atoms with Gasteiger partial charge in [-0.2, -0.15) is 0 Å². The maximum Gasteiger partial charge on any atom is 0.233 e. The fraction of sp³-hybridized carbons (Fsp3) is 0.500. The third-order valence-corrected chi connectivity index (χ3v) is 8.26. The van der Waals surface area contributed by atoms with Gasteiger partial charge in [0, 0.05) is 30.5 Å². The molecule has 0 bridgehead atoms. The molecule has 6 heteroatoms. The minimum absolute atomic E-state index is 0.143. The van der Waals surface area contributed by atoms with Crippen LogP contribution < -0.4 is 9.08 Å². The van der Waals surface area contributed by atoms with Gasteiger partial charge in [0.25, 0.3) is 0 Å². The normalized spacial score (nSPS) is 25.8. The minimum atomic E-state index is -2.25. The van der Waals surface area contributed by atoms with Gasteiger partial charge in [0.1, 0.15) is 5.78 Å². The number of benzene rings is 1. The number of rotatable bonds is 5. The molecule has 0 radical (unpaired) electrons. The van der Waals surface area contributed by atoms with Crippen LogP contribution >= 0.6 is 10.6 Å². The fourth-order valence-corrected chi connectivity index (χ4v) is 5.73. The van der Waals surface area contributed by atoms with Crippen molar-refractivity contribution in [3.63, 3.8) is 0 Å². The summed E-state index contributed by atoms with van der Waals surface area (Å²) in [5.74, 6) is 1.02. The van der Waals surface area contributed by atoms with Gasteiger partial charge in [-0.1, -0.05) is 6.58 Å². The standard InChI is InChI=1S/C20H25NO4S/c1-2-26(24,18-7-8-18)25-17-5-3-15(4-6-17)21-14-13-20(19(21)23)11-9-16(22)10-12-20/h2-6,18,24H,1,7-14H2. The highest BCUT2D eigenvalue weighted by Gasteiger charge is 2.48. The SMILES string of the molecule is C=CS(O)(Oc1ccc(N2CCC3(CCC(=O)CC3)C2=O)cc1)C1CC1. The highest BCUT2D eigenvalue weighted by atomic mass is 32.3. The monoisotopic (exact) mass is 375 g/mol. The predicted molar refractivity (Wildman–Crippen MR) is 103 cm³/mol. The number of nitrogens with zero attached hydrogens (tertiary/aromatic N) is 1. The van der Waals surface area contributed by atoms with E-state index in [2.05, 4.69) is 6.58 Å². The molecule has 1 atom stereocenters. The zero-order valence-electron chi connectivity index (χ0n) is 14.9. The Hall–Kier alpha value is -1.79. The number of anilines is 1. The molecular formula is C20H25NO4S. The summed E-state index contributed by atoms with van der Waals surface area (Å²) in [5, 5.41) is 1.73. The topological polar surface area (TPSA) is 66.8 Å². The summed E-state index contributed by atoms with van der Waals surface area (Å²) in [6.45, 7) is 4.41. The van der Waals surface area contributed by atoms with Crippen molar-refractivity contribution in [1.29, 1.82) is 0 Å². The number of carbonyl (C=O) groups excluding carboxylic acids is 2. The molecule has 3 aliphatic rings. The summed E-state index contributed by atoms with van der Waals surface area (Å²) in [7, 11) is -2.25. The van der Waals surface area contributed by atoms with E-state index in [1.165, 1.54) is 5.41 Å². The molecule has 1 spiro atoms. The molecule has 2 aliphatic carbocycles. The molecule has 5 nitrogen and oxygen atoms in total. The van der Waals surface area contributed by atoms with Crippen LogP contribution in [0.3, 0.4) is 0 Å². The Morgan fingerprint density at radius 1 is 1.15 bits per heavy atom. The molecule has 1 aliphatic heterocycles. The lowest BCUT2D eigenvalue weighted by Crippen LogP contribution is -2.37. The molecule has 26 heavy (non-hydrogen) atoms. The van der Waals surface area contributed by atoms with Crippen LogP contribution in [0, 0.1) is 5.41 Å². The van der Waals surface area contributed by atoms with Crippen molar-refractivity contribution in [2.24, 2.45) is 5.41 Å². The van der Waals surface area contributed by atoms with E-state index < -0.39 is 10.6 Å². The van der Waals surface area contributed by atoms with Crippen molar-refractivity contribution in [3.8, 4) is 5.75 Å². The van der Waals surface area contributed by atoms with Crippen molar-refractivity contribution in [2.75, 3.05) is 11.4 Å². The summed E-state index contributed by atoms with van der Waals surface area (Å²) >= 11 is 0. The van der Waals surface area contributed by atoms with Crippen LogP contribution in [0.5, 0.6) is 5.75 Å². The number of hydrogen-bond donors (Lipinski definition) is 1. The summed E-state index contributed by atoms with van der Waals surface area (Å²) in [6.07, 6.45) is 5.18. The average Bonchev–Trinajstić information content (AvgIpc) is 3.46. The first kappa shape index (κ1) is 17.6. The van der Waals surface area contributed by atoms with Gasteiger partial charge >= 0.3 is 0 Å². The number of amides is 1. The van der Waals surface area contributed by atoms with Crippen LogP contribution in [-0.2, 0) is 9.59 Å². The highest BCUT2D eigenvalue weighted by Crippen LogP contribution is 2.60. The van der Waals surface area contributed by atoms with Gasteiger partial charge in [0.2, 0.25) is 5.91 Å². The third-order valence-electron chi connectivity index (χ3n) is 5.90. The number of carbonyl (C=O) groups is 2. The molecule has 1 unspecified atom stereocenters. The fourth-order valence-electron chi connectivity index (χ4n) is 4.02. The molecule has 2 saturated carbocycles. The Morgan fingerprint density at radius 3 is 2.38 bits per heavy atom. The molecular weight excluding hydrogens is 350 g/mol. The summed E-state index contributed by atoms with van der Waals surface area (Å²) in [6, 6.07) is 7.36. The lowest BCUT2D eigenvalue weighted by Gasteiger charge is -2.35. The van der Waals surface area contributed by atoms with Gasteiger partial charge in [-0.3, -0.25) is 14.1 Å². The maximum atomic E-state index is 13.0. The van der Waals surface area contributed by atoms with E-state index in [9.17, 15) is 14.1 Å². The molecule has 140 valence electrons. The van der Waals surface area contributed by atoms with Crippen LogP contribution in [-0.4, -0.2) is 28.0 Å². The molecule has 1 amide bonds. The van der Waals surface area contributed by atoms with E-state index >= 15 is 0 Å². The van der Waals surface area contributed by atoms with Crippen LogP contribution in [0.15, 0.2) is 36.3 Å². The van der Waals surface area contributed by atoms with Crippen molar-refractivity contribution >= 4 is 28.0 Å². The second-order valence-electron chi connectivity index (χ2n) is 7.58. The lowest BCUT2D eigenvalue weighted by atomic mass is 9.72. The second kappa shape index (κ2) is 6.43. The van der Waals surface area contributed by atoms with Crippen LogP contribution in [0.25, 0.3) is 0 Å². The Bertz CT molecular complexity index is 733. The number of ketones is 1. The quantitative estimate of drug-likeness (QED) is 0.827. The molecule has 1 heterocycles. The molecule has 1 aromatic rings. The van der Waals surface area contributed by atoms with E-state index in [1.54, 1.807) is 0 Å². The summed E-state index contributed by atoms with van der Waals surface area (Å²) in [5.41, 5.74) is 0.502. The molecule has 1 aromatic carbocycles. The molecule has 4 rings (SSSR count). The van der Waals surface area contributed by atoms with E-state index in [-0.39, 0.29) is 22.4 Å². The van der Waals surface area contributed by atoms with Gasteiger partial charge < -0.3 is 9.08 Å². The number of hydrogen-bond acceptors (Lipinski definition) is 4. The van der Waals surface area contributed by atoms with Crippen molar-refractivity contribution < 1.29 is 18.3 Å². The van der Waals surface area contributed by atoms with Gasteiger partial charge in [-0.15, -0.1) is 10.6 Å². The van der Waals surface area contributed by atoms with Gasteiger partial charge in [0.05, 0.1) is 10.7 Å². The molecule has 3 fully saturated rings. The van der Waals surface area contributed by atoms with Crippen LogP contribution in [0.1, 0.15) is 44.9 Å². The summed E-state index contributed by atoms with van der Waals surface area (Å²) < 4.78 is 16.4. The number of Topliss-reactive ketones (excluding diaryl/α,β-unsaturated/α-hetero) is 1. The minimum Gasteiger partial charge on any atom is -0.388 e. The molecule has 0 aromatic heterocycles. The highest BCUT2D eigenvalue weighted by molar-refractivity contribution is 8.28. The first-order chi connectivity index (χ1) is 12.5. The van der Waals surface area contributed by atoms with Crippen molar-refractivity contribution in [3.05, 3.63) is 36.3 Å². The lowest BCUT2D eigenvalue weighted by molar-refractivity contribution is -0.130. The smallest absolute Gasteiger partial charge is 0.233 e. The second-order valence-corrected chi connectivity index (χ2v) is 9.98. The predicted octanol–water partition coefficient (Wildman–Crippen LogP) is 4.43. The first-order valence-electron chi connectivity index (χ1n) is 9.26. The van der Waals surface area contributed by atoms with Gasteiger partial charge in [-0.25, -0.2) is 0 Å². The Morgan fingerprint density at radius 2 is 1.81 bits per heavy atom. The third kappa shape index (κ3) is 3.05. The maximum absolute atomic E-state index is 13.0. The summed E-state index contributed by atoms with van der Waals surface area (Å²) in [4.78, 5) is 26.3. The van der Waals surface area contributed by atoms with Crippen molar-refractivity contribution in [2.45, 2.75) is 50.2 Å².